The quantitative estimate of drug-likeness (QED) is 0.0339. The molecule has 0 fully saturated rings. The van der Waals surface area contributed by atoms with Gasteiger partial charge in [0.2, 0.25) is 11.8 Å². The third-order valence-corrected chi connectivity index (χ3v) is 12.4. The van der Waals surface area contributed by atoms with Crippen molar-refractivity contribution in [1.29, 1.82) is 0 Å². The standard InChI is InChI=1S/C52H72N10O18/c63-42(10-3-5-20-56-43(64)17-16-41(51(78)79)61(26-23-54-31-46(69)70)28-27-60(33-47(71)72)25-22-53-30-45(67)68)57-29-34-11-13-36(14-12-34)48(73)62(32-40-37-8-2-1-7-35(37)19-21-55-40)24-6-4-9-38(49(74)75)58-52(80)59-39(50(76)77)15-18-44(65)66/h1-2,7-8,11-14,19,21,38-39,41,53-54H,3-6,9-10,15-18,20,22-33H2,(H,56,64)(H,57,63)(H,65,66)(H,67,68)(H,69,70)(H,71,72)(H,74,75)(H,76,77)(H,78,79)(H2,58,59,80)/t38-,39-,41?/m1/s1. The van der Waals surface area contributed by atoms with Crippen molar-refractivity contribution < 1.29 is 88.5 Å². The molecule has 1 heterocycles. The van der Waals surface area contributed by atoms with Crippen LogP contribution in [0.2, 0.25) is 0 Å². The molecule has 3 rings (SSSR count). The molecule has 3 aromatic rings. The maximum atomic E-state index is 14.1. The molecule has 28 nitrogen and oxygen atoms in total. The summed E-state index contributed by atoms with van der Waals surface area (Å²) in [6, 6.07) is 10.6. The highest BCUT2D eigenvalue weighted by Crippen LogP contribution is 2.20. The van der Waals surface area contributed by atoms with Crippen LogP contribution in [-0.4, -0.2) is 211 Å². The van der Waals surface area contributed by atoms with Gasteiger partial charge in [0.05, 0.1) is 31.9 Å². The minimum Gasteiger partial charge on any atom is -0.481 e. The van der Waals surface area contributed by atoms with Crippen LogP contribution >= 0.6 is 0 Å². The van der Waals surface area contributed by atoms with Crippen LogP contribution in [0.1, 0.15) is 85.8 Å². The molecule has 3 atom stereocenters. The lowest BCUT2D eigenvalue weighted by atomic mass is 10.1. The molecule has 28 heteroatoms. The zero-order valence-electron chi connectivity index (χ0n) is 44.2. The van der Waals surface area contributed by atoms with E-state index in [4.69, 9.17) is 15.3 Å². The molecule has 0 radical (unpaired) electrons. The second-order valence-corrected chi connectivity index (χ2v) is 18.6. The largest absolute Gasteiger partial charge is 0.481 e. The summed E-state index contributed by atoms with van der Waals surface area (Å²) in [4.78, 5) is 142. The number of rotatable bonds is 42. The van der Waals surface area contributed by atoms with Gasteiger partial charge in [-0.05, 0) is 74.1 Å². The van der Waals surface area contributed by atoms with Crippen LogP contribution in [0.15, 0.2) is 60.8 Å². The molecule has 2 aromatic carbocycles. The van der Waals surface area contributed by atoms with E-state index in [0.717, 1.165) is 10.8 Å². The molecule has 80 heavy (non-hydrogen) atoms. The average molecular weight is 1130 g/mol. The number of aliphatic carboxylic acids is 7. The Balaban J connectivity index is 1.52. The number of carboxylic acids is 7. The number of benzene rings is 2. The number of pyridine rings is 1. The Labute approximate surface area is 460 Å². The molecule has 0 aliphatic carbocycles. The van der Waals surface area contributed by atoms with Gasteiger partial charge in [0.25, 0.3) is 5.91 Å². The van der Waals surface area contributed by atoms with E-state index in [1.807, 2.05) is 30.3 Å². The first kappa shape index (κ1) is 65.9. The van der Waals surface area contributed by atoms with Gasteiger partial charge in [0.1, 0.15) is 18.1 Å². The fourth-order valence-corrected chi connectivity index (χ4v) is 8.23. The van der Waals surface area contributed by atoms with E-state index in [0.29, 0.717) is 36.1 Å². The molecule has 0 saturated carbocycles. The minimum atomic E-state index is -1.56. The first-order chi connectivity index (χ1) is 38.1. The number of fused-ring (bicyclic) bond motifs is 1. The van der Waals surface area contributed by atoms with Crippen molar-refractivity contribution in [2.45, 2.75) is 95.4 Å². The molecular formula is C52H72N10O18. The highest BCUT2D eigenvalue weighted by Gasteiger charge is 2.28. The van der Waals surface area contributed by atoms with Crippen molar-refractivity contribution in [3.63, 3.8) is 0 Å². The Bertz CT molecular complexity index is 2560. The summed E-state index contributed by atoms with van der Waals surface area (Å²) in [6.45, 7) is -0.0177. The topological polar surface area (TPSA) is 424 Å². The number of hydrogen-bond acceptors (Lipinski definition) is 16. The van der Waals surface area contributed by atoms with Crippen molar-refractivity contribution in [3.8, 4) is 0 Å². The number of amides is 5. The Morgan fingerprint density at radius 3 is 1.80 bits per heavy atom. The lowest BCUT2D eigenvalue weighted by Crippen LogP contribution is -2.51. The fourth-order valence-electron chi connectivity index (χ4n) is 8.23. The SMILES string of the molecule is O=C(O)CC[C@@H](NC(=O)N[C@H](CCCCN(Cc1nccc2ccccc12)C(=O)c1ccc(CNC(=O)CCCCNC(=O)CCC(C(=O)O)N(CCNCC(=O)O)CCN(CCNCC(=O)O)CC(=O)O)cc1)C(=O)O)C(=O)O. The van der Waals surface area contributed by atoms with Crippen LogP contribution in [0.25, 0.3) is 10.8 Å². The van der Waals surface area contributed by atoms with Crippen molar-refractivity contribution in [2.75, 3.05) is 72.0 Å². The second kappa shape index (κ2) is 36.0. The summed E-state index contributed by atoms with van der Waals surface area (Å²) in [5.41, 5.74) is 1.63. The smallest absolute Gasteiger partial charge is 0.326 e. The van der Waals surface area contributed by atoms with Crippen LogP contribution in [0.3, 0.4) is 0 Å². The molecule has 0 bridgehead atoms. The lowest BCUT2D eigenvalue weighted by Gasteiger charge is -2.31. The Morgan fingerprint density at radius 2 is 1.18 bits per heavy atom. The van der Waals surface area contributed by atoms with Gasteiger partial charge in [0, 0.05) is 95.3 Å². The van der Waals surface area contributed by atoms with Crippen LogP contribution in [0.5, 0.6) is 0 Å². The van der Waals surface area contributed by atoms with Gasteiger partial charge in [-0.1, -0.05) is 36.4 Å². The number of carboxylic acid groups (broad SMARTS) is 7. The number of nitrogens with zero attached hydrogens (tertiary/aromatic N) is 4. The predicted octanol–water partition coefficient (Wildman–Crippen LogP) is 0.291. The first-order valence-corrected chi connectivity index (χ1v) is 25.9. The number of carbonyl (C=O) groups excluding carboxylic acids is 4. The summed E-state index contributed by atoms with van der Waals surface area (Å²) in [6.07, 6.45) is 1.74. The Morgan fingerprint density at radius 1 is 0.537 bits per heavy atom. The van der Waals surface area contributed by atoms with E-state index in [2.05, 4.69) is 36.9 Å². The van der Waals surface area contributed by atoms with Crippen molar-refractivity contribution in [2.24, 2.45) is 0 Å². The molecular weight excluding hydrogens is 1050 g/mol. The molecule has 0 spiro atoms. The number of urea groups is 1. The van der Waals surface area contributed by atoms with Crippen molar-refractivity contribution in [1.82, 2.24) is 51.6 Å². The summed E-state index contributed by atoms with van der Waals surface area (Å²) >= 11 is 0. The molecule has 0 aliphatic heterocycles. The molecule has 0 aliphatic rings. The zero-order valence-corrected chi connectivity index (χ0v) is 44.2. The maximum absolute atomic E-state index is 14.1. The molecule has 0 saturated heterocycles. The summed E-state index contributed by atoms with van der Waals surface area (Å²) in [5.74, 6) is -9.84. The van der Waals surface area contributed by atoms with Gasteiger partial charge in [-0.15, -0.1) is 0 Å². The minimum absolute atomic E-state index is 0.0365. The molecule has 13 N–H and O–H groups in total. The number of carbonyl (C=O) groups is 11. The predicted molar refractivity (Wildman–Crippen MR) is 284 cm³/mol. The van der Waals surface area contributed by atoms with E-state index in [1.165, 1.54) is 9.80 Å². The summed E-state index contributed by atoms with van der Waals surface area (Å²) in [5, 5.41) is 82.4. The van der Waals surface area contributed by atoms with E-state index < -0.39 is 91.2 Å². The van der Waals surface area contributed by atoms with Crippen LogP contribution in [-0.2, 0) is 56.2 Å². The van der Waals surface area contributed by atoms with Crippen LogP contribution < -0.4 is 31.9 Å². The van der Waals surface area contributed by atoms with E-state index in [1.54, 1.807) is 35.4 Å². The zero-order chi connectivity index (χ0) is 59.0. The van der Waals surface area contributed by atoms with Gasteiger partial charge < -0.3 is 72.5 Å². The van der Waals surface area contributed by atoms with Crippen LogP contribution in [0, 0.1) is 0 Å². The van der Waals surface area contributed by atoms with Gasteiger partial charge >= 0.3 is 47.8 Å². The Hall–Kier alpha value is -8.34. The van der Waals surface area contributed by atoms with E-state index in [-0.39, 0.29) is 122 Å². The monoisotopic (exact) mass is 1120 g/mol. The molecule has 1 unspecified atom stereocenters. The lowest BCUT2D eigenvalue weighted by molar-refractivity contribution is -0.145. The van der Waals surface area contributed by atoms with Crippen molar-refractivity contribution >= 4 is 76.3 Å². The van der Waals surface area contributed by atoms with Gasteiger partial charge in [-0.2, -0.15) is 0 Å². The fraction of sp³-hybridized carbons (Fsp3) is 0.500. The number of hydrogen-bond donors (Lipinski definition) is 13. The number of aromatic nitrogens is 1. The normalized spacial score (nSPS) is 12.2. The summed E-state index contributed by atoms with van der Waals surface area (Å²) in [7, 11) is 0. The highest BCUT2D eigenvalue weighted by atomic mass is 16.4. The first-order valence-electron chi connectivity index (χ1n) is 25.9. The van der Waals surface area contributed by atoms with E-state index >= 15 is 0 Å². The second-order valence-electron chi connectivity index (χ2n) is 18.6. The van der Waals surface area contributed by atoms with Gasteiger partial charge in [0.15, 0.2) is 0 Å². The Kier molecular flexibility index (Phi) is 29.6. The van der Waals surface area contributed by atoms with E-state index in [9.17, 15) is 73.2 Å². The van der Waals surface area contributed by atoms with Gasteiger partial charge in [-0.25, -0.2) is 14.4 Å². The summed E-state index contributed by atoms with van der Waals surface area (Å²) < 4.78 is 0. The van der Waals surface area contributed by atoms with Crippen molar-refractivity contribution in [3.05, 3.63) is 77.6 Å². The van der Waals surface area contributed by atoms with Gasteiger partial charge in [-0.3, -0.25) is 53.1 Å². The maximum Gasteiger partial charge on any atom is 0.326 e. The highest BCUT2D eigenvalue weighted by molar-refractivity contribution is 5.95. The average Bonchev–Trinajstić information content (AvgIpc) is 3.40. The number of nitrogens with one attached hydrogen (secondary N) is 6. The third kappa shape index (κ3) is 26.3. The van der Waals surface area contributed by atoms with Crippen LogP contribution in [0.4, 0.5) is 4.79 Å². The molecule has 5 amide bonds. The number of unbranched alkanes of at least 4 members (excludes halogenated alkanes) is 2. The third-order valence-electron chi connectivity index (χ3n) is 12.4. The molecule has 438 valence electrons. The molecule has 1 aromatic heterocycles.